The van der Waals surface area contributed by atoms with Crippen LogP contribution in [0.4, 0.5) is 0 Å². The Balaban J connectivity index is 3.15. The average Bonchev–Trinajstić information content (AvgIpc) is 2.72. The SMILES string of the molecule is C=CCN(C)S(=O)(=O)c1cc(CN)n(CC)c1. The Hall–Kier alpha value is -1.11. The van der Waals surface area contributed by atoms with Crippen molar-refractivity contribution in [3.05, 3.63) is 30.6 Å². The van der Waals surface area contributed by atoms with Gasteiger partial charge in [0.15, 0.2) is 0 Å². The zero-order valence-electron chi connectivity index (χ0n) is 10.3. The summed E-state index contributed by atoms with van der Waals surface area (Å²) in [7, 11) is -1.91. The third-order valence-corrected chi connectivity index (χ3v) is 4.39. The Labute approximate surface area is 103 Å². The van der Waals surface area contributed by atoms with E-state index in [1.807, 2.05) is 11.5 Å². The molecule has 0 amide bonds. The molecule has 0 radical (unpaired) electrons. The molecule has 0 bridgehead atoms. The van der Waals surface area contributed by atoms with Gasteiger partial charge in [-0.15, -0.1) is 6.58 Å². The molecule has 96 valence electrons. The molecule has 1 heterocycles. The number of rotatable bonds is 6. The molecule has 0 saturated carbocycles. The Bertz CT molecular complexity index is 469. The van der Waals surface area contributed by atoms with Crippen molar-refractivity contribution in [2.45, 2.75) is 24.9 Å². The highest BCUT2D eigenvalue weighted by molar-refractivity contribution is 7.89. The van der Waals surface area contributed by atoms with Gasteiger partial charge in [0.05, 0.1) is 0 Å². The van der Waals surface area contributed by atoms with Crippen LogP contribution in [0.5, 0.6) is 0 Å². The smallest absolute Gasteiger partial charge is 0.244 e. The largest absolute Gasteiger partial charge is 0.349 e. The first-order chi connectivity index (χ1) is 7.97. The number of hydrogen-bond donors (Lipinski definition) is 1. The Morgan fingerprint density at radius 1 is 1.59 bits per heavy atom. The van der Waals surface area contributed by atoms with E-state index in [1.165, 1.54) is 11.4 Å². The van der Waals surface area contributed by atoms with E-state index >= 15 is 0 Å². The van der Waals surface area contributed by atoms with E-state index in [0.29, 0.717) is 13.1 Å². The summed E-state index contributed by atoms with van der Waals surface area (Å²) in [6.45, 7) is 6.80. The molecule has 1 rings (SSSR count). The molecule has 0 spiro atoms. The Kier molecular flexibility index (Phi) is 4.50. The second kappa shape index (κ2) is 5.48. The summed E-state index contributed by atoms with van der Waals surface area (Å²) < 4.78 is 27.4. The van der Waals surface area contributed by atoms with Crippen LogP contribution in [-0.2, 0) is 23.1 Å². The first-order valence-corrected chi connectivity index (χ1v) is 6.87. The lowest BCUT2D eigenvalue weighted by Crippen LogP contribution is -2.26. The minimum atomic E-state index is -3.44. The third-order valence-electron chi connectivity index (χ3n) is 2.61. The number of nitrogens with two attached hydrogens (primary N) is 1. The summed E-state index contributed by atoms with van der Waals surface area (Å²) in [5, 5.41) is 0. The van der Waals surface area contributed by atoms with Gasteiger partial charge >= 0.3 is 0 Å². The van der Waals surface area contributed by atoms with Gasteiger partial charge in [-0.25, -0.2) is 8.42 Å². The zero-order valence-corrected chi connectivity index (χ0v) is 11.1. The number of likely N-dealkylation sites (N-methyl/N-ethyl adjacent to an activating group) is 1. The van der Waals surface area contributed by atoms with Gasteiger partial charge in [-0.1, -0.05) is 6.08 Å². The van der Waals surface area contributed by atoms with E-state index in [2.05, 4.69) is 6.58 Å². The summed E-state index contributed by atoms with van der Waals surface area (Å²) in [4.78, 5) is 0.282. The molecule has 17 heavy (non-hydrogen) atoms. The summed E-state index contributed by atoms with van der Waals surface area (Å²) in [6.07, 6.45) is 3.18. The monoisotopic (exact) mass is 257 g/mol. The van der Waals surface area contributed by atoms with Gasteiger partial charge in [-0.2, -0.15) is 4.31 Å². The predicted octanol–water partition coefficient (Wildman–Crippen LogP) is 0.773. The first kappa shape index (κ1) is 14.0. The minimum absolute atomic E-state index is 0.282. The molecular formula is C11H19N3O2S. The molecule has 0 aliphatic heterocycles. The highest BCUT2D eigenvalue weighted by Gasteiger charge is 2.22. The van der Waals surface area contributed by atoms with Gasteiger partial charge in [-0.05, 0) is 13.0 Å². The van der Waals surface area contributed by atoms with Crippen molar-refractivity contribution in [3.63, 3.8) is 0 Å². The molecule has 0 aliphatic rings. The minimum Gasteiger partial charge on any atom is -0.349 e. The van der Waals surface area contributed by atoms with Crippen LogP contribution in [0.2, 0.25) is 0 Å². The summed E-state index contributed by atoms with van der Waals surface area (Å²) in [6, 6.07) is 1.62. The van der Waals surface area contributed by atoms with E-state index in [9.17, 15) is 8.42 Å². The number of hydrogen-bond acceptors (Lipinski definition) is 3. The van der Waals surface area contributed by atoms with Crippen LogP contribution in [0.1, 0.15) is 12.6 Å². The van der Waals surface area contributed by atoms with E-state index in [1.54, 1.807) is 18.3 Å². The lowest BCUT2D eigenvalue weighted by molar-refractivity contribution is 0.499. The van der Waals surface area contributed by atoms with Crippen molar-refractivity contribution in [2.24, 2.45) is 5.73 Å². The quantitative estimate of drug-likeness (QED) is 0.765. The molecule has 6 heteroatoms. The van der Waals surface area contributed by atoms with Crippen molar-refractivity contribution in [3.8, 4) is 0 Å². The van der Waals surface area contributed by atoms with Gasteiger partial charge < -0.3 is 10.3 Å². The molecule has 2 N–H and O–H groups in total. The number of sulfonamides is 1. The molecule has 5 nitrogen and oxygen atoms in total. The van der Waals surface area contributed by atoms with Crippen molar-refractivity contribution in [1.82, 2.24) is 8.87 Å². The van der Waals surface area contributed by atoms with E-state index in [4.69, 9.17) is 5.73 Å². The summed E-state index contributed by atoms with van der Waals surface area (Å²) >= 11 is 0. The first-order valence-electron chi connectivity index (χ1n) is 5.43. The maximum Gasteiger partial charge on any atom is 0.244 e. The van der Waals surface area contributed by atoms with Crippen LogP contribution in [0.3, 0.4) is 0 Å². The van der Waals surface area contributed by atoms with Gasteiger partial charge in [0.2, 0.25) is 10.0 Å². The van der Waals surface area contributed by atoms with Gasteiger partial charge in [0.25, 0.3) is 0 Å². The molecule has 0 aromatic carbocycles. The van der Waals surface area contributed by atoms with Crippen molar-refractivity contribution < 1.29 is 8.42 Å². The molecule has 0 aliphatic carbocycles. The fourth-order valence-electron chi connectivity index (χ4n) is 1.59. The normalized spacial score (nSPS) is 12.0. The van der Waals surface area contributed by atoms with E-state index < -0.39 is 10.0 Å². The molecule has 0 saturated heterocycles. The van der Waals surface area contributed by atoms with Crippen LogP contribution >= 0.6 is 0 Å². The average molecular weight is 257 g/mol. The van der Waals surface area contributed by atoms with Crippen molar-refractivity contribution in [2.75, 3.05) is 13.6 Å². The van der Waals surface area contributed by atoms with Crippen LogP contribution in [0.25, 0.3) is 0 Å². The van der Waals surface area contributed by atoms with E-state index in [0.717, 1.165) is 5.69 Å². The zero-order chi connectivity index (χ0) is 13.1. The van der Waals surface area contributed by atoms with E-state index in [-0.39, 0.29) is 11.4 Å². The number of nitrogens with zero attached hydrogens (tertiary/aromatic N) is 2. The van der Waals surface area contributed by atoms with Gasteiger partial charge in [-0.3, -0.25) is 0 Å². The Morgan fingerprint density at radius 2 is 2.24 bits per heavy atom. The molecule has 0 unspecified atom stereocenters. The topological polar surface area (TPSA) is 68.3 Å². The van der Waals surface area contributed by atoms with Gasteiger partial charge in [0, 0.05) is 38.6 Å². The molecule has 1 aromatic rings. The third kappa shape index (κ3) is 2.77. The molecular weight excluding hydrogens is 238 g/mol. The van der Waals surface area contributed by atoms with Crippen molar-refractivity contribution in [1.29, 1.82) is 0 Å². The second-order valence-corrected chi connectivity index (χ2v) is 5.78. The fourth-order valence-corrected chi connectivity index (χ4v) is 2.80. The molecule has 0 atom stereocenters. The standard InChI is InChI=1S/C11H19N3O2S/c1-4-6-13(3)17(15,16)11-7-10(8-12)14(5-2)9-11/h4,7,9H,1,5-6,8,12H2,2-3H3. The maximum absolute atomic E-state index is 12.1. The highest BCUT2D eigenvalue weighted by atomic mass is 32.2. The number of aryl methyl sites for hydroxylation is 1. The van der Waals surface area contributed by atoms with Crippen molar-refractivity contribution >= 4 is 10.0 Å². The van der Waals surface area contributed by atoms with Crippen LogP contribution in [0, 0.1) is 0 Å². The lowest BCUT2D eigenvalue weighted by Gasteiger charge is -2.13. The highest BCUT2D eigenvalue weighted by Crippen LogP contribution is 2.17. The summed E-state index contributed by atoms with van der Waals surface area (Å²) in [5.41, 5.74) is 6.39. The maximum atomic E-state index is 12.1. The second-order valence-electron chi connectivity index (χ2n) is 3.73. The van der Waals surface area contributed by atoms with Crippen LogP contribution in [-0.4, -0.2) is 30.9 Å². The predicted molar refractivity (Wildman–Crippen MR) is 68.0 cm³/mol. The molecule has 1 aromatic heterocycles. The lowest BCUT2D eigenvalue weighted by atomic mass is 10.4. The fraction of sp³-hybridized carbons (Fsp3) is 0.455. The van der Waals surface area contributed by atoms with Crippen LogP contribution in [0.15, 0.2) is 29.8 Å². The summed E-state index contributed by atoms with van der Waals surface area (Å²) in [5.74, 6) is 0. The molecule has 0 fully saturated rings. The Morgan fingerprint density at radius 3 is 2.65 bits per heavy atom. The number of aromatic nitrogens is 1. The van der Waals surface area contributed by atoms with Gasteiger partial charge in [0.1, 0.15) is 4.90 Å². The van der Waals surface area contributed by atoms with Crippen LogP contribution < -0.4 is 5.73 Å².